The largest absolute Gasteiger partial charge is 0.459 e. The van der Waals surface area contributed by atoms with E-state index >= 15 is 0 Å². The third-order valence-electron chi connectivity index (χ3n) is 7.36. The van der Waals surface area contributed by atoms with E-state index in [9.17, 15) is 9.59 Å². The number of carbonyl (C=O) groups excluding carboxylic acids is 2. The van der Waals surface area contributed by atoms with E-state index in [-0.39, 0.29) is 38.5 Å². The third kappa shape index (κ3) is 8.63. The zero-order chi connectivity index (χ0) is 30.7. The molecular weight excluding hydrogens is 568 g/mol. The highest BCUT2D eigenvalue weighted by Crippen LogP contribution is 2.27. The SMILES string of the molecule is Cc1ccc(N2N=C3C[C@H]2COCCOCCOC[C@H]2CC(=NN2c2ccc(C)cc2)C(=O)OCCOCCOC3=O)cc1. The summed E-state index contributed by atoms with van der Waals surface area (Å²) in [5, 5.41) is 12.8. The molecule has 2 aromatic rings. The summed E-state index contributed by atoms with van der Waals surface area (Å²) in [7, 11) is 0. The van der Waals surface area contributed by atoms with E-state index in [2.05, 4.69) is 10.2 Å². The first-order valence-corrected chi connectivity index (χ1v) is 15.0. The minimum absolute atomic E-state index is 0.0503. The molecule has 12 nitrogen and oxygen atoms in total. The molecule has 0 radical (unpaired) electrons. The van der Waals surface area contributed by atoms with Gasteiger partial charge in [-0.05, 0) is 38.1 Å². The molecule has 0 amide bonds. The molecule has 0 aliphatic carbocycles. The molecule has 236 valence electrons. The van der Waals surface area contributed by atoms with Crippen LogP contribution in [0.25, 0.3) is 0 Å². The van der Waals surface area contributed by atoms with Gasteiger partial charge in [-0.3, -0.25) is 10.0 Å². The Bertz CT molecular complexity index is 1220. The first kappa shape index (κ1) is 31.6. The van der Waals surface area contributed by atoms with Crippen molar-refractivity contribution in [3.8, 4) is 0 Å². The molecule has 0 N–H and O–H groups in total. The highest BCUT2D eigenvalue weighted by Gasteiger charge is 2.33. The van der Waals surface area contributed by atoms with Crippen molar-refractivity contribution in [2.75, 3.05) is 76.1 Å². The van der Waals surface area contributed by atoms with Crippen LogP contribution in [0.3, 0.4) is 0 Å². The van der Waals surface area contributed by atoms with Crippen molar-refractivity contribution in [2.24, 2.45) is 10.2 Å². The summed E-state index contributed by atoms with van der Waals surface area (Å²) in [5.74, 6) is -0.992. The molecule has 3 aliphatic heterocycles. The summed E-state index contributed by atoms with van der Waals surface area (Å²) in [5.41, 5.74) is 4.66. The van der Waals surface area contributed by atoms with Gasteiger partial charge in [0.1, 0.15) is 24.6 Å². The van der Waals surface area contributed by atoms with E-state index in [0.717, 1.165) is 22.5 Å². The lowest BCUT2D eigenvalue weighted by Crippen LogP contribution is -2.32. The molecule has 4 bridgehead atoms. The molecule has 12 heteroatoms. The van der Waals surface area contributed by atoms with Crippen LogP contribution in [0.5, 0.6) is 0 Å². The van der Waals surface area contributed by atoms with Crippen LogP contribution in [-0.2, 0) is 38.0 Å². The molecule has 2 aromatic carbocycles. The summed E-state index contributed by atoms with van der Waals surface area (Å²) < 4.78 is 33.9. The van der Waals surface area contributed by atoms with Gasteiger partial charge in [0.05, 0.1) is 76.3 Å². The van der Waals surface area contributed by atoms with Gasteiger partial charge >= 0.3 is 11.9 Å². The van der Waals surface area contributed by atoms with E-state index in [1.165, 1.54) is 0 Å². The molecule has 1 saturated heterocycles. The molecule has 0 aromatic heterocycles. The second-order valence-corrected chi connectivity index (χ2v) is 10.8. The number of carbonyl (C=O) groups is 2. The van der Waals surface area contributed by atoms with E-state index in [1.807, 2.05) is 72.4 Å². The van der Waals surface area contributed by atoms with Crippen molar-refractivity contribution in [1.82, 2.24) is 0 Å². The maximum atomic E-state index is 12.8. The molecular formula is C32H40N4O8. The van der Waals surface area contributed by atoms with Crippen LogP contribution in [0.1, 0.15) is 24.0 Å². The van der Waals surface area contributed by atoms with Crippen molar-refractivity contribution < 1.29 is 38.0 Å². The number of hydrogen-bond acceptors (Lipinski definition) is 12. The summed E-state index contributed by atoms with van der Waals surface area (Å²) >= 11 is 0. The van der Waals surface area contributed by atoms with Crippen molar-refractivity contribution in [2.45, 2.75) is 38.8 Å². The lowest BCUT2D eigenvalue weighted by Gasteiger charge is -2.24. The quantitative estimate of drug-likeness (QED) is 0.471. The standard InChI is InChI=1S/C32H40N4O8/c1-23-3-7-25(8-4-23)35-27-19-29(33-35)31(37)43-17-15-40-16-18-44-32(38)30-20-28(22-42-14-12-39-11-13-41-21-27)36(34-30)26-9-5-24(2)6-10-26/h3-10,27-28H,11-22H2,1-2H3/t27-,28+. The average molecular weight is 609 g/mol. The van der Waals surface area contributed by atoms with E-state index in [1.54, 1.807) is 0 Å². The lowest BCUT2D eigenvalue weighted by atomic mass is 10.1. The number of anilines is 2. The zero-order valence-electron chi connectivity index (χ0n) is 25.3. The predicted molar refractivity (Wildman–Crippen MR) is 164 cm³/mol. The van der Waals surface area contributed by atoms with Gasteiger partial charge in [0.15, 0.2) is 0 Å². The summed E-state index contributed by atoms with van der Waals surface area (Å²) in [6, 6.07) is 15.6. The fraction of sp³-hybridized carbons (Fsp3) is 0.500. The molecule has 44 heavy (non-hydrogen) atoms. The third-order valence-corrected chi connectivity index (χ3v) is 7.36. The number of cyclic esters (lactones) is 2. The summed E-state index contributed by atoms with van der Waals surface area (Å²) in [6.45, 7) is 6.76. The number of fused-ring (bicyclic) bond motifs is 4. The minimum atomic E-state index is -0.496. The van der Waals surface area contributed by atoms with E-state index in [0.29, 0.717) is 63.9 Å². The van der Waals surface area contributed by atoms with Gasteiger partial charge in [0.2, 0.25) is 0 Å². The number of hydrogen-bond donors (Lipinski definition) is 0. The van der Waals surface area contributed by atoms with Crippen LogP contribution >= 0.6 is 0 Å². The Hall–Kier alpha value is -3.84. The Morgan fingerprint density at radius 2 is 0.909 bits per heavy atom. The average Bonchev–Trinajstić information content (AvgIpc) is 3.65. The molecule has 2 atom stereocenters. The normalized spacial score (nSPS) is 23.3. The Balaban J connectivity index is 1.19. The zero-order valence-corrected chi connectivity index (χ0v) is 25.3. The number of hydrazone groups is 2. The highest BCUT2D eigenvalue weighted by atomic mass is 16.6. The molecule has 3 aliphatic rings. The van der Waals surface area contributed by atoms with Crippen molar-refractivity contribution in [1.29, 1.82) is 0 Å². The fourth-order valence-corrected chi connectivity index (χ4v) is 5.00. The number of aryl methyl sites for hydroxylation is 2. The van der Waals surface area contributed by atoms with Crippen molar-refractivity contribution >= 4 is 34.7 Å². The Kier molecular flexibility index (Phi) is 11.3. The highest BCUT2D eigenvalue weighted by molar-refractivity contribution is 6.37. The van der Waals surface area contributed by atoms with Gasteiger partial charge in [0, 0.05) is 12.8 Å². The van der Waals surface area contributed by atoms with Gasteiger partial charge in [0.25, 0.3) is 0 Å². The lowest BCUT2D eigenvalue weighted by molar-refractivity contribution is -0.138. The number of benzene rings is 2. The smallest absolute Gasteiger partial charge is 0.354 e. The molecule has 0 saturated carbocycles. The Labute approximate surface area is 257 Å². The van der Waals surface area contributed by atoms with Crippen molar-refractivity contribution in [3.05, 3.63) is 59.7 Å². The molecule has 5 rings (SSSR count). The fourth-order valence-electron chi connectivity index (χ4n) is 5.00. The van der Waals surface area contributed by atoms with Gasteiger partial charge in [-0.1, -0.05) is 35.4 Å². The van der Waals surface area contributed by atoms with Crippen molar-refractivity contribution in [3.63, 3.8) is 0 Å². The molecule has 3 heterocycles. The Morgan fingerprint density at radius 1 is 0.545 bits per heavy atom. The minimum Gasteiger partial charge on any atom is -0.459 e. The van der Waals surface area contributed by atoms with Gasteiger partial charge in [-0.2, -0.15) is 10.2 Å². The maximum absolute atomic E-state index is 12.8. The number of ether oxygens (including phenoxy) is 6. The first-order valence-electron chi connectivity index (χ1n) is 15.0. The van der Waals surface area contributed by atoms with Crippen LogP contribution < -0.4 is 10.0 Å². The van der Waals surface area contributed by atoms with Gasteiger partial charge < -0.3 is 28.4 Å². The monoisotopic (exact) mass is 608 g/mol. The van der Waals surface area contributed by atoms with Crippen LogP contribution in [0.2, 0.25) is 0 Å². The van der Waals surface area contributed by atoms with Gasteiger partial charge in [-0.15, -0.1) is 0 Å². The van der Waals surface area contributed by atoms with Crippen LogP contribution in [-0.4, -0.2) is 102 Å². The van der Waals surface area contributed by atoms with Crippen LogP contribution in [0.4, 0.5) is 11.4 Å². The van der Waals surface area contributed by atoms with E-state index < -0.39 is 11.9 Å². The topological polar surface area (TPSA) is 121 Å². The molecule has 0 unspecified atom stereocenters. The second-order valence-electron chi connectivity index (χ2n) is 10.8. The van der Waals surface area contributed by atoms with Gasteiger partial charge in [-0.25, -0.2) is 9.59 Å². The predicted octanol–water partition coefficient (Wildman–Crippen LogP) is 3.04. The summed E-state index contributed by atoms with van der Waals surface area (Å²) in [6.07, 6.45) is 0.783. The Morgan fingerprint density at radius 3 is 1.32 bits per heavy atom. The molecule has 1 fully saturated rings. The number of rotatable bonds is 2. The first-order chi connectivity index (χ1) is 21.5. The van der Waals surface area contributed by atoms with Crippen LogP contribution in [0, 0.1) is 13.8 Å². The number of nitrogens with zero attached hydrogens (tertiary/aromatic N) is 4. The summed E-state index contributed by atoms with van der Waals surface area (Å²) in [4.78, 5) is 25.6. The molecule has 0 spiro atoms. The van der Waals surface area contributed by atoms with Crippen LogP contribution in [0.15, 0.2) is 58.7 Å². The maximum Gasteiger partial charge on any atom is 0.354 e. The number of esters is 2. The second kappa shape index (κ2) is 15.8. The van der Waals surface area contributed by atoms with E-state index in [4.69, 9.17) is 28.4 Å².